The number of phosphoric ester groups is 1. The van der Waals surface area contributed by atoms with Crippen LogP contribution in [-0.4, -0.2) is 74.9 Å². The van der Waals surface area contributed by atoms with Crippen molar-refractivity contribution in [2.45, 2.75) is 315 Å². The van der Waals surface area contributed by atoms with Crippen LogP contribution in [-0.2, 0) is 32.7 Å². The van der Waals surface area contributed by atoms with Crippen LogP contribution in [0.5, 0.6) is 0 Å². The molecule has 0 saturated carbocycles. The zero-order valence-corrected chi connectivity index (χ0v) is 58.6. The van der Waals surface area contributed by atoms with Crippen molar-refractivity contribution in [1.29, 1.82) is 0 Å². The fraction of sp³-hybridized carbons (Fsp3) is 0.718. The number of ether oxygens (including phenoxy) is 2. The van der Waals surface area contributed by atoms with Crippen molar-refractivity contribution in [3.8, 4) is 0 Å². The number of esters is 2. The Kier molecular flexibility index (Phi) is 65.0. The third-order valence-corrected chi connectivity index (χ3v) is 16.5. The van der Waals surface area contributed by atoms with Gasteiger partial charge in [0.2, 0.25) is 0 Å². The number of rotatable bonds is 66. The fourth-order valence-electron chi connectivity index (χ4n) is 10.0. The van der Waals surface area contributed by atoms with Crippen LogP contribution in [0.2, 0.25) is 0 Å². The van der Waals surface area contributed by atoms with Gasteiger partial charge in [-0.05, 0) is 103 Å². The normalized spacial score (nSPS) is 13.8. The minimum absolute atomic E-state index is 0.0282. The van der Waals surface area contributed by atoms with E-state index in [1.165, 1.54) is 180 Å². The molecule has 10 heteroatoms. The first kappa shape index (κ1) is 84.4. The van der Waals surface area contributed by atoms with Gasteiger partial charge in [0.05, 0.1) is 27.7 Å². The molecule has 0 aliphatic heterocycles. The van der Waals surface area contributed by atoms with Crippen LogP contribution in [0.3, 0.4) is 0 Å². The lowest BCUT2D eigenvalue weighted by atomic mass is 10.0. The van der Waals surface area contributed by atoms with E-state index in [0.29, 0.717) is 17.4 Å². The van der Waals surface area contributed by atoms with Crippen LogP contribution in [0.4, 0.5) is 0 Å². The maximum Gasteiger partial charge on any atom is 0.472 e. The lowest BCUT2D eigenvalue weighted by Crippen LogP contribution is -2.37. The molecule has 0 heterocycles. The van der Waals surface area contributed by atoms with E-state index in [0.717, 1.165) is 96.3 Å². The Balaban J connectivity index is 4.00. The van der Waals surface area contributed by atoms with Crippen molar-refractivity contribution >= 4 is 19.8 Å². The molecule has 0 spiro atoms. The lowest BCUT2D eigenvalue weighted by Gasteiger charge is -2.24. The van der Waals surface area contributed by atoms with Crippen LogP contribution in [0.1, 0.15) is 309 Å². The number of carbonyl (C=O) groups excluding carboxylic acids is 2. The second-order valence-electron chi connectivity index (χ2n) is 25.2. The van der Waals surface area contributed by atoms with Crippen molar-refractivity contribution in [2.24, 2.45) is 0 Å². The van der Waals surface area contributed by atoms with Crippen molar-refractivity contribution in [3.63, 3.8) is 0 Å². The number of hydrogen-bond acceptors (Lipinski definition) is 7. The van der Waals surface area contributed by atoms with Gasteiger partial charge in [-0.2, -0.15) is 0 Å². The van der Waals surface area contributed by atoms with Crippen LogP contribution >= 0.6 is 7.82 Å². The molecule has 2 atom stereocenters. The van der Waals surface area contributed by atoms with E-state index in [9.17, 15) is 19.0 Å². The van der Waals surface area contributed by atoms with Gasteiger partial charge in [0.1, 0.15) is 19.8 Å². The third-order valence-electron chi connectivity index (χ3n) is 15.5. The molecule has 0 aromatic carbocycles. The van der Waals surface area contributed by atoms with Crippen molar-refractivity contribution < 1.29 is 42.1 Å². The van der Waals surface area contributed by atoms with E-state index in [-0.39, 0.29) is 32.0 Å². The fourth-order valence-corrected chi connectivity index (χ4v) is 10.8. The van der Waals surface area contributed by atoms with Crippen molar-refractivity contribution in [3.05, 3.63) is 122 Å². The number of unbranched alkanes of at least 4 members (excludes halogenated alkanes) is 32. The molecule has 0 aliphatic rings. The Labute approximate surface area is 543 Å². The first-order valence-corrected chi connectivity index (χ1v) is 37.8. The number of hydrogen-bond donors (Lipinski definition) is 1. The highest BCUT2D eigenvalue weighted by Gasteiger charge is 2.27. The summed E-state index contributed by atoms with van der Waals surface area (Å²) in [5.74, 6) is -0.794. The Morgan fingerprint density at radius 1 is 0.352 bits per heavy atom. The van der Waals surface area contributed by atoms with E-state index < -0.39 is 26.5 Å². The summed E-state index contributed by atoms with van der Waals surface area (Å²) in [5, 5.41) is 0. The largest absolute Gasteiger partial charge is 0.472 e. The zero-order valence-electron chi connectivity index (χ0n) is 57.7. The zero-order chi connectivity index (χ0) is 64.1. The predicted octanol–water partition coefficient (Wildman–Crippen LogP) is 23.8. The molecule has 0 rings (SSSR count). The topological polar surface area (TPSA) is 108 Å². The molecule has 0 amide bonds. The molecule has 506 valence electrons. The molecule has 2 unspecified atom stereocenters. The highest BCUT2D eigenvalue weighted by molar-refractivity contribution is 7.47. The van der Waals surface area contributed by atoms with Gasteiger partial charge in [-0.3, -0.25) is 18.6 Å². The quantitative estimate of drug-likeness (QED) is 0.0211. The third kappa shape index (κ3) is 71.5. The smallest absolute Gasteiger partial charge is 0.462 e. The lowest BCUT2D eigenvalue weighted by molar-refractivity contribution is -0.870. The molecular formula is C78H137NO8P+. The maximum absolute atomic E-state index is 12.9. The van der Waals surface area contributed by atoms with Gasteiger partial charge in [-0.1, -0.05) is 315 Å². The van der Waals surface area contributed by atoms with Gasteiger partial charge in [0.15, 0.2) is 6.10 Å². The summed E-state index contributed by atoms with van der Waals surface area (Å²) in [5.41, 5.74) is 0. The van der Waals surface area contributed by atoms with Gasteiger partial charge < -0.3 is 18.9 Å². The standard InChI is InChI=1S/C78H136NO8P/c1-6-8-10-12-14-16-18-20-22-24-26-28-30-32-34-35-36-37-38-39-40-41-42-43-45-47-49-51-53-55-57-59-61-63-65-67-69-71-78(81)87-76(75-86-88(82,83)85-73-72-79(3,4)5)74-84-77(80)70-68-66-64-62-60-58-56-54-52-50-48-46-44-33-31-29-27-25-23-21-19-17-15-13-11-9-7-2/h8-11,14-17,20-23,26-29,32-34,44,76H,6-7,12-13,18-19,24-25,30-31,35-43,45-75H2,1-5H3/p+1/b10-8-,11-9-,16-14-,17-15-,22-20-,23-21-,28-26-,29-27-,34-32-,44-33-. The molecule has 0 aromatic rings. The number of allylic oxidation sites excluding steroid dienone is 20. The predicted molar refractivity (Wildman–Crippen MR) is 381 cm³/mol. The minimum Gasteiger partial charge on any atom is -0.462 e. The number of quaternary nitrogens is 1. The Morgan fingerprint density at radius 3 is 0.909 bits per heavy atom. The van der Waals surface area contributed by atoms with Gasteiger partial charge in [0.25, 0.3) is 0 Å². The Bertz CT molecular complexity index is 1900. The molecule has 0 fully saturated rings. The highest BCUT2D eigenvalue weighted by Crippen LogP contribution is 2.43. The summed E-state index contributed by atoms with van der Waals surface area (Å²) in [4.78, 5) is 35.9. The van der Waals surface area contributed by atoms with Crippen molar-refractivity contribution in [2.75, 3.05) is 47.5 Å². The summed E-state index contributed by atoms with van der Waals surface area (Å²) in [6.45, 7) is 4.23. The van der Waals surface area contributed by atoms with Crippen LogP contribution in [0.25, 0.3) is 0 Å². The molecule has 88 heavy (non-hydrogen) atoms. The summed E-state index contributed by atoms with van der Waals surface area (Å²) >= 11 is 0. The minimum atomic E-state index is -4.40. The second-order valence-corrected chi connectivity index (χ2v) is 26.7. The molecule has 0 aliphatic carbocycles. The van der Waals surface area contributed by atoms with Crippen molar-refractivity contribution in [1.82, 2.24) is 0 Å². The molecule has 0 saturated heterocycles. The Hall–Kier alpha value is -3.59. The summed E-state index contributed by atoms with van der Waals surface area (Å²) < 4.78 is 34.8. The number of likely N-dealkylation sites (N-methyl/N-ethyl adjacent to an activating group) is 1. The van der Waals surface area contributed by atoms with E-state index in [2.05, 4.69) is 135 Å². The van der Waals surface area contributed by atoms with Gasteiger partial charge in [-0.25, -0.2) is 4.57 Å². The van der Waals surface area contributed by atoms with Gasteiger partial charge in [0, 0.05) is 12.8 Å². The SMILES string of the molecule is CC/C=C\C/C=C\C/C=C\C/C=C\C/C=C\CCCCCCCCCCCCCCCCCCCCCCCC(=O)OC(COC(=O)CCCCCCCCCCCCC/C=C\C/C=C\C/C=C\C/C=C\C/C=C\CC)COP(=O)(O)OCC[N+](C)(C)C. The summed E-state index contributed by atoms with van der Waals surface area (Å²) in [6.07, 6.45) is 97.4. The van der Waals surface area contributed by atoms with E-state index in [1.807, 2.05) is 21.1 Å². The highest BCUT2D eigenvalue weighted by atomic mass is 31.2. The number of carbonyl (C=O) groups is 2. The maximum atomic E-state index is 12.9. The van der Waals surface area contributed by atoms with Crippen LogP contribution in [0.15, 0.2) is 122 Å². The van der Waals surface area contributed by atoms with Crippen LogP contribution < -0.4 is 0 Å². The molecule has 0 radical (unpaired) electrons. The molecular weight excluding hydrogens is 1110 g/mol. The molecule has 1 N–H and O–H groups in total. The monoisotopic (exact) mass is 1250 g/mol. The Morgan fingerprint density at radius 2 is 0.614 bits per heavy atom. The summed E-state index contributed by atoms with van der Waals surface area (Å²) in [6, 6.07) is 0. The first-order chi connectivity index (χ1) is 43.0. The summed E-state index contributed by atoms with van der Waals surface area (Å²) in [7, 11) is 1.48. The average molecular weight is 1250 g/mol. The van der Waals surface area contributed by atoms with Gasteiger partial charge >= 0.3 is 19.8 Å². The molecule has 9 nitrogen and oxygen atoms in total. The second kappa shape index (κ2) is 67.8. The van der Waals surface area contributed by atoms with Gasteiger partial charge in [-0.15, -0.1) is 0 Å². The number of phosphoric acid groups is 1. The van der Waals surface area contributed by atoms with Crippen LogP contribution in [0, 0.1) is 0 Å². The van der Waals surface area contributed by atoms with E-state index >= 15 is 0 Å². The first-order valence-electron chi connectivity index (χ1n) is 36.3. The average Bonchev–Trinajstić information content (AvgIpc) is 3.68. The van der Waals surface area contributed by atoms with E-state index in [1.54, 1.807) is 0 Å². The molecule has 0 bridgehead atoms. The number of nitrogens with zero attached hydrogens (tertiary/aromatic N) is 1. The van der Waals surface area contributed by atoms with E-state index in [4.69, 9.17) is 18.5 Å². The molecule has 0 aromatic heterocycles.